The van der Waals surface area contributed by atoms with Gasteiger partial charge in [0, 0.05) is 26.7 Å². The maximum atomic E-state index is 12.1. The van der Waals surface area contributed by atoms with E-state index in [2.05, 4.69) is 6.92 Å². The van der Waals surface area contributed by atoms with Crippen LogP contribution in [0.25, 0.3) is 0 Å². The molecule has 0 unspecified atom stereocenters. The maximum absolute atomic E-state index is 12.1. The van der Waals surface area contributed by atoms with E-state index in [9.17, 15) is 9.59 Å². The van der Waals surface area contributed by atoms with E-state index in [-0.39, 0.29) is 11.9 Å². The Morgan fingerprint density at radius 2 is 1.89 bits per heavy atom. The van der Waals surface area contributed by atoms with E-state index in [0.717, 1.165) is 25.8 Å². The smallest absolute Gasteiger partial charge is 0.319 e. The molecule has 1 N–H and O–H groups in total. The van der Waals surface area contributed by atoms with E-state index >= 15 is 0 Å². The quantitative estimate of drug-likeness (QED) is 0.766. The second-order valence-corrected chi connectivity index (χ2v) is 5.01. The zero-order valence-electron chi connectivity index (χ0n) is 11.4. The van der Waals surface area contributed by atoms with Gasteiger partial charge in [-0.1, -0.05) is 19.8 Å². The lowest BCUT2D eigenvalue weighted by Crippen LogP contribution is -2.46. The van der Waals surface area contributed by atoms with Gasteiger partial charge in [0.2, 0.25) is 0 Å². The summed E-state index contributed by atoms with van der Waals surface area (Å²) in [4.78, 5) is 26.4. The molecule has 0 aromatic rings. The Hall–Kier alpha value is -1.26. The summed E-state index contributed by atoms with van der Waals surface area (Å²) in [6.07, 6.45) is 4.46. The molecule has 1 saturated heterocycles. The van der Waals surface area contributed by atoms with Crippen LogP contribution >= 0.6 is 0 Å². The number of aliphatic carboxylic acids is 1. The number of urea groups is 1. The molecule has 0 spiro atoms. The number of rotatable bonds is 5. The fourth-order valence-electron chi connectivity index (χ4n) is 2.25. The van der Waals surface area contributed by atoms with Gasteiger partial charge in [-0.05, 0) is 19.3 Å². The van der Waals surface area contributed by atoms with Gasteiger partial charge in [-0.2, -0.15) is 0 Å². The van der Waals surface area contributed by atoms with Crippen LogP contribution in [0.4, 0.5) is 4.79 Å². The lowest BCUT2D eigenvalue weighted by atomic mass is 9.97. The number of piperidine rings is 1. The van der Waals surface area contributed by atoms with E-state index < -0.39 is 5.97 Å². The maximum Gasteiger partial charge on any atom is 0.319 e. The van der Waals surface area contributed by atoms with Gasteiger partial charge in [0.05, 0.1) is 5.92 Å². The summed E-state index contributed by atoms with van der Waals surface area (Å²) in [5.41, 5.74) is 0. The average Bonchev–Trinajstić information content (AvgIpc) is 2.38. The number of hydrogen-bond donors (Lipinski definition) is 1. The SMILES string of the molecule is CCCCCN(C)C(=O)N1CCC(C(=O)O)CC1. The lowest BCUT2D eigenvalue weighted by molar-refractivity contribution is -0.143. The number of likely N-dealkylation sites (tertiary alicyclic amines) is 1. The minimum atomic E-state index is -0.738. The van der Waals surface area contributed by atoms with Crippen LogP contribution in [0.5, 0.6) is 0 Å². The highest BCUT2D eigenvalue weighted by molar-refractivity contribution is 5.75. The van der Waals surface area contributed by atoms with Crippen LogP contribution in [0.2, 0.25) is 0 Å². The van der Waals surface area contributed by atoms with Gasteiger partial charge in [-0.25, -0.2) is 4.79 Å². The molecule has 1 aliphatic rings. The number of unbranched alkanes of at least 4 members (excludes halogenated alkanes) is 2. The van der Waals surface area contributed by atoms with Crippen molar-refractivity contribution >= 4 is 12.0 Å². The second-order valence-electron chi connectivity index (χ2n) is 5.01. The van der Waals surface area contributed by atoms with Gasteiger partial charge in [0.1, 0.15) is 0 Å². The Morgan fingerprint density at radius 1 is 1.28 bits per heavy atom. The molecule has 0 aromatic carbocycles. The van der Waals surface area contributed by atoms with Crippen LogP contribution in [-0.2, 0) is 4.79 Å². The van der Waals surface area contributed by atoms with Crippen LogP contribution in [0.3, 0.4) is 0 Å². The molecule has 0 bridgehead atoms. The van der Waals surface area contributed by atoms with Crippen molar-refractivity contribution in [2.75, 3.05) is 26.7 Å². The van der Waals surface area contributed by atoms with Crippen molar-refractivity contribution in [1.82, 2.24) is 9.80 Å². The van der Waals surface area contributed by atoms with Crippen LogP contribution in [0.1, 0.15) is 39.0 Å². The molecule has 104 valence electrons. The number of carbonyl (C=O) groups is 2. The Labute approximate surface area is 109 Å². The molecule has 5 heteroatoms. The highest BCUT2D eigenvalue weighted by Crippen LogP contribution is 2.18. The minimum absolute atomic E-state index is 0.0370. The summed E-state index contributed by atoms with van der Waals surface area (Å²) in [6.45, 7) is 4.05. The number of hydrogen-bond acceptors (Lipinski definition) is 2. The second kappa shape index (κ2) is 7.24. The van der Waals surface area contributed by atoms with Gasteiger partial charge < -0.3 is 14.9 Å². The number of amides is 2. The van der Waals surface area contributed by atoms with E-state index in [1.807, 2.05) is 7.05 Å². The van der Waals surface area contributed by atoms with Crippen molar-refractivity contribution in [2.45, 2.75) is 39.0 Å². The third kappa shape index (κ3) is 4.20. The zero-order valence-corrected chi connectivity index (χ0v) is 11.4. The van der Waals surface area contributed by atoms with Crippen molar-refractivity contribution in [3.63, 3.8) is 0 Å². The molecule has 0 aliphatic carbocycles. The molecule has 1 heterocycles. The van der Waals surface area contributed by atoms with E-state index in [1.165, 1.54) is 0 Å². The third-order valence-corrected chi connectivity index (χ3v) is 3.54. The highest BCUT2D eigenvalue weighted by atomic mass is 16.4. The summed E-state index contributed by atoms with van der Waals surface area (Å²) in [5, 5.41) is 8.90. The third-order valence-electron chi connectivity index (χ3n) is 3.54. The number of carboxylic acids is 1. The van der Waals surface area contributed by atoms with Crippen LogP contribution in [-0.4, -0.2) is 53.6 Å². The van der Waals surface area contributed by atoms with Crippen molar-refractivity contribution < 1.29 is 14.7 Å². The van der Waals surface area contributed by atoms with Crippen molar-refractivity contribution in [2.24, 2.45) is 5.92 Å². The fourth-order valence-corrected chi connectivity index (χ4v) is 2.25. The predicted molar refractivity (Wildman–Crippen MR) is 69.5 cm³/mol. The topological polar surface area (TPSA) is 60.9 Å². The Morgan fingerprint density at radius 3 is 2.39 bits per heavy atom. The first-order valence-corrected chi connectivity index (χ1v) is 6.79. The zero-order chi connectivity index (χ0) is 13.5. The molecule has 0 saturated carbocycles. The first-order valence-electron chi connectivity index (χ1n) is 6.79. The summed E-state index contributed by atoms with van der Waals surface area (Å²) >= 11 is 0. The summed E-state index contributed by atoms with van der Waals surface area (Å²) < 4.78 is 0. The van der Waals surface area contributed by atoms with Gasteiger partial charge in [-0.3, -0.25) is 4.79 Å². The fraction of sp³-hybridized carbons (Fsp3) is 0.846. The Balaban J connectivity index is 2.32. The molecule has 1 fully saturated rings. The van der Waals surface area contributed by atoms with Crippen LogP contribution in [0.15, 0.2) is 0 Å². The number of carbonyl (C=O) groups excluding carboxylic acids is 1. The van der Waals surface area contributed by atoms with Crippen molar-refractivity contribution in [3.8, 4) is 0 Å². The first-order chi connectivity index (χ1) is 8.56. The molecule has 0 aromatic heterocycles. The van der Waals surface area contributed by atoms with E-state index in [0.29, 0.717) is 25.9 Å². The molecule has 18 heavy (non-hydrogen) atoms. The molecular weight excluding hydrogens is 232 g/mol. The largest absolute Gasteiger partial charge is 0.481 e. The van der Waals surface area contributed by atoms with Gasteiger partial charge >= 0.3 is 12.0 Å². The Bertz CT molecular complexity index is 286. The molecule has 1 rings (SSSR count). The van der Waals surface area contributed by atoms with Gasteiger partial charge in [0.15, 0.2) is 0 Å². The van der Waals surface area contributed by atoms with Gasteiger partial charge in [0.25, 0.3) is 0 Å². The normalized spacial score (nSPS) is 16.7. The average molecular weight is 256 g/mol. The predicted octanol–water partition coefficient (Wildman–Crippen LogP) is 2.03. The summed E-state index contributed by atoms with van der Waals surface area (Å²) in [6, 6.07) is 0.0370. The monoisotopic (exact) mass is 256 g/mol. The molecule has 0 radical (unpaired) electrons. The Kier molecular flexibility index (Phi) is 5.95. The molecule has 0 atom stereocenters. The van der Waals surface area contributed by atoms with Crippen LogP contribution in [0, 0.1) is 5.92 Å². The molecule has 1 aliphatic heterocycles. The van der Waals surface area contributed by atoms with Crippen molar-refractivity contribution in [1.29, 1.82) is 0 Å². The highest BCUT2D eigenvalue weighted by Gasteiger charge is 2.28. The molecule has 5 nitrogen and oxygen atoms in total. The first kappa shape index (κ1) is 14.8. The standard InChI is InChI=1S/C13H24N2O3/c1-3-4-5-8-14(2)13(18)15-9-6-11(7-10-15)12(16)17/h11H,3-10H2,1-2H3,(H,16,17). The lowest BCUT2D eigenvalue weighted by Gasteiger charge is -2.33. The van der Waals surface area contributed by atoms with Gasteiger partial charge in [-0.15, -0.1) is 0 Å². The minimum Gasteiger partial charge on any atom is -0.481 e. The summed E-state index contributed by atoms with van der Waals surface area (Å²) in [5.74, 6) is -1.02. The van der Waals surface area contributed by atoms with E-state index in [1.54, 1.807) is 9.80 Å². The van der Waals surface area contributed by atoms with Crippen molar-refractivity contribution in [3.05, 3.63) is 0 Å². The number of nitrogens with zero attached hydrogens (tertiary/aromatic N) is 2. The molecule has 2 amide bonds. The molecular formula is C13H24N2O3. The van der Waals surface area contributed by atoms with E-state index in [4.69, 9.17) is 5.11 Å². The van der Waals surface area contributed by atoms with Crippen LogP contribution < -0.4 is 0 Å². The number of carboxylic acid groups (broad SMARTS) is 1. The summed E-state index contributed by atoms with van der Waals surface area (Å²) in [7, 11) is 1.82.